The third-order valence-corrected chi connectivity index (χ3v) is 4.69. The molecule has 0 amide bonds. The molecule has 1 N–H and O–H groups in total. The molecular weight excluding hydrogens is 357 g/mol. The minimum atomic E-state index is -0.367. The molecule has 0 fully saturated rings. The predicted octanol–water partition coefficient (Wildman–Crippen LogP) is 5.30. The van der Waals surface area contributed by atoms with Gasteiger partial charge >= 0.3 is 0 Å². The molecule has 1 atom stereocenters. The number of nitrogens with one attached hydrogen (secondary N) is 1. The molecule has 108 valence electrons. The lowest BCUT2D eigenvalue weighted by atomic mass is 10.0. The highest BCUT2D eigenvalue weighted by Gasteiger charge is 2.21. The van der Waals surface area contributed by atoms with E-state index in [1.54, 1.807) is 6.07 Å². The molecule has 0 saturated heterocycles. The fraction of sp³-hybridized carbons (Fsp3) is 0.125. The summed E-state index contributed by atoms with van der Waals surface area (Å²) in [5, 5.41) is 4.50. The van der Waals surface area contributed by atoms with Crippen molar-refractivity contribution in [2.75, 3.05) is 7.05 Å². The smallest absolute Gasteiger partial charge is 0.169 e. The maximum Gasteiger partial charge on any atom is 0.169 e. The monoisotopic (exact) mass is 367 g/mol. The number of benzene rings is 2. The topological polar surface area (TPSA) is 25.2 Å². The average Bonchev–Trinajstić information content (AvgIpc) is 2.89. The van der Waals surface area contributed by atoms with Gasteiger partial charge in [-0.2, -0.15) is 0 Å². The average molecular weight is 369 g/mol. The van der Waals surface area contributed by atoms with Gasteiger partial charge < -0.3 is 9.73 Å². The van der Waals surface area contributed by atoms with Crippen molar-refractivity contribution in [3.63, 3.8) is 0 Å². The first-order valence-corrected chi connectivity index (χ1v) is 7.58. The van der Waals surface area contributed by atoms with E-state index < -0.39 is 0 Å². The zero-order valence-electron chi connectivity index (χ0n) is 11.2. The maximum absolute atomic E-state index is 13.8. The van der Waals surface area contributed by atoms with Crippen LogP contribution in [0.3, 0.4) is 0 Å². The normalized spacial score (nSPS) is 12.8. The highest BCUT2D eigenvalue weighted by molar-refractivity contribution is 9.10. The van der Waals surface area contributed by atoms with Crippen LogP contribution < -0.4 is 5.32 Å². The minimum absolute atomic E-state index is 0.248. The Morgan fingerprint density at radius 1 is 1.24 bits per heavy atom. The van der Waals surface area contributed by atoms with E-state index in [0.717, 1.165) is 15.4 Å². The van der Waals surface area contributed by atoms with Gasteiger partial charge in [0.2, 0.25) is 0 Å². The summed E-state index contributed by atoms with van der Waals surface area (Å²) in [6.07, 6.45) is 0. The fourth-order valence-electron chi connectivity index (χ4n) is 2.38. The molecule has 5 heteroatoms. The molecule has 0 aliphatic heterocycles. The van der Waals surface area contributed by atoms with Crippen molar-refractivity contribution in [1.82, 2.24) is 5.32 Å². The van der Waals surface area contributed by atoms with E-state index in [1.165, 1.54) is 6.07 Å². The highest BCUT2D eigenvalue weighted by Crippen LogP contribution is 2.35. The Labute approximate surface area is 135 Å². The van der Waals surface area contributed by atoms with E-state index in [1.807, 2.05) is 37.4 Å². The Morgan fingerprint density at radius 2 is 2.00 bits per heavy atom. The molecule has 3 rings (SSSR count). The zero-order valence-corrected chi connectivity index (χ0v) is 13.5. The first kappa shape index (κ1) is 14.6. The lowest BCUT2D eigenvalue weighted by Crippen LogP contribution is -2.17. The van der Waals surface area contributed by atoms with E-state index in [9.17, 15) is 4.39 Å². The van der Waals surface area contributed by atoms with Crippen LogP contribution in [0, 0.1) is 5.82 Å². The molecule has 21 heavy (non-hydrogen) atoms. The summed E-state index contributed by atoms with van der Waals surface area (Å²) in [7, 11) is 1.81. The molecule has 1 aromatic heterocycles. The Hall–Kier alpha value is -1.36. The lowest BCUT2D eigenvalue weighted by Gasteiger charge is -2.16. The quantitative estimate of drug-likeness (QED) is 0.679. The summed E-state index contributed by atoms with van der Waals surface area (Å²) in [6.45, 7) is 0. The third kappa shape index (κ3) is 2.59. The fourth-order valence-corrected chi connectivity index (χ4v) is 3.00. The molecule has 0 bridgehead atoms. The number of halogens is 3. The summed E-state index contributed by atoms with van der Waals surface area (Å²) >= 11 is 9.76. The second-order valence-corrected chi connectivity index (χ2v) is 5.90. The van der Waals surface area contributed by atoms with E-state index >= 15 is 0 Å². The second-order valence-electron chi connectivity index (χ2n) is 4.67. The van der Waals surface area contributed by atoms with Crippen LogP contribution in [0.15, 0.2) is 51.4 Å². The summed E-state index contributed by atoms with van der Waals surface area (Å²) in [5.74, 6) is 0.256. The summed E-state index contributed by atoms with van der Waals surface area (Å²) in [6, 6.07) is 12.1. The molecule has 0 aliphatic rings. The van der Waals surface area contributed by atoms with Crippen LogP contribution in [-0.2, 0) is 0 Å². The van der Waals surface area contributed by atoms with Crippen LogP contribution in [0.5, 0.6) is 0 Å². The van der Waals surface area contributed by atoms with E-state index in [-0.39, 0.29) is 17.4 Å². The van der Waals surface area contributed by atoms with Gasteiger partial charge in [-0.15, -0.1) is 0 Å². The maximum atomic E-state index is 13.8. The molecular formula is C16H12BrClFNO. The number of furan rings is 1. The van der Waals surface area contributed by atoms with Crippen molar-refractivity contribution in [3.05, 3.63) is 69.1 Å². The summed E-state index contributed by atoms with van der Waals surface area (Å²) < 4.78 is 20.3. The van der Waals surface area contributed by atoms with Crippen LogP contribution in [-0.4, -0.2) is 7.05 Å². The van der Waals surface area contributed by atoms with Crippen molar-refractivity contribution in [2.24, 2.45) is 0 Å². The second kappa shape index (κ2) is 5.79. The number of hydrogen-bond donors (Lipinski definition) is 1. The van der Waals surface area contributed by atoms with Crippen molar-refractivity contribution >= 4 is 38.5 Å². The van der Waals surface area contributed by atoms with Crippen LogP contribution in [0.2, 0.25) is 5.02 Å². The first-order chi connectivity index (χ1) is 10.1. The van der Waals surface area contributed by atoms with Gasteiger partial charge in [-0.25, -0.2) is 4.39 Å². The standard InChI is InChI=1S/C16H12BrClFNO/c1-20-15(10-5-3-6-11(17)14(10)18)13-8-9-4-2-7-12(19)16(9)21-13/h2-8,15,20H,1H3. The van der Waals surface area contributed by atoms with Crippen LogP contribution in [0.4, 0.5) is 4.39 Å². The van der Waals surface area contributed by atoms with Crippen LogP contribution in [0.25, 0.3) is 11.0 Å². The molecule has 2 nitrogen and oxygen atoms in total. The molecule has 0 aliphatic carbocycles. The Balaban J connectivity index is 2.14. The van der Waals surface area contributed by atoms with Gasteiger partial charge in [0.05, 0.1) is 11.1 Å². The predicted molar refractivity (Wildman–Crippen MR) is 86.2 cm³/mol. The van der Waals surface area contributed by atoms with Gasteiger partial charge in [0.25, 0.3) is 0 Å². The third-order valence-electron chi connectivity index (χ3n) is 3.38. The number of para-hydroxylation sites is 1. The molecule has 0 saturated carbocycles. The van der Waals surface area contributed by atoms with Crippen molar-refractivity contribution in [2.45, 2.75) is 6.04 Å². The molecule has 0 spiro atoms. The summed E-state index contributed by atoms with van der Waals surface area (Å²) in [5.41, 5.74) is 1.13. The van der Waals surface area contributed by atoms with Crippen LogP contribution in [0.1, 0.15) is 17.4 Å². The first-order valence-electron chi connectivity index (χ1n) is 6.41. The largest absolute Gasteiger partial charge is 0.456 e. The number of hydrogen-bond acceptors (Lipinski definition) is 2. The van der Waals surface area contributed by atoms with Gasteiger partial charge in [-0.05, 0) is 46.7 Å². The van der Waals surface area contributed by atoms with Gasteiger partial charge in [0.1, 0.15) is 5.76 Å². The number of fused-ring (bicyclic) bond motifs is 1. The lowest BCUT2D eigenvalue weighted by molar-refractivity contribution is 0.476. The zero-order chi connectivity index (χ0) is 15.0. The van der Waals surface area contributed by atoms with E-state index in [4.69, 9.17) is 16.0 Å². The van der Waals surface area contributed by atoms with E-state index in [2.05, 4.69) is 21.2 Å². The van der Waals surface area contributed by atoms with E-state index in [0.29, 0.717) is 10.8 Å². The SMILES string of the molecule is CNC(c1cc2cccc(F)c2o1)c1cccc(Br)c1Cl. The minimum Gasteiger partial charge on any atom is -0.456 e. The molecule has 1 heterocycles. The molecule has 2 aromatic carbocycles. The van der Waals surface area contributed by atoms with Gasteiger partial charge in [0, 0.05) is 9.86 Å². The van der Waals surface area contributed by atoms with Crippen molar-refractivity contribution in [1.29, 1.82) is 0 Å². The molecule has 3 aromatic rings. The van der Waals surface area contributed by atoms with Crippen molar-refractivity contribution in [3.8, 4) is 0 Å². The van der Waals surface area contributed by atoms with Crippen LogP contribution >= 0.6 is 27.5 Å². The molecule has 1 unspecified atom stereocenters. The van der Waals surface area contributed by atoms with Gasteiger partial charge in [-0.1, -0.05) is 35.9 Å². The van der Waals surface area contributed by atoms with Gasteiger partial charge in [0.15, 0.2) is 11.4 Å². The summed E-state index contributed by atoms with van der Waals surface area (Å²) in [4.78, 5) is 0. The van der Waals surface area contributed by atoms with Gasteiger partial charge in [-0.3, -0.25) is 0 Å². The molecule has 0 radical (unpaired) electrons. The Bertz CT molecular complexity index is 802. The Kier molecular flexibility index (Phi) is 4.02. The highest BCUT2D eigenvalue weighted by atomic mass is 79.9. The van der Waals surface area contributed by atoms with Crippen molar-refractivity contribution < 1.29 is 8.81 Å². The Morgan fingerprint density at radius 3 is 2.71 bits per heavy atom. The number of rotatable bonds is 3.